The van der Waals surface area contributed by atoms with Crippen LogP contribution in [-0.2, 0) is 4.79 Å². The van der Waals surface area contributed by atoms with Gasteiger partial charge in [-0.15, -0.1) is 0 Å². The summed E-state index contributed by atoms with van der Waals surface area (Å²) in [7, 11) is 1.46. The van der Waals surface area contributed by atoms with Crippen molar-refractivity contribution in [1.29, 1.82) is 0 Å². The third-order valence-electron chi connectivity index (χ3n) is 4.39. The Kier molecular flexibility index (Phi) is 4.51. The third kappa shape index (κ3) is 3.39. The van der Waals surface area contributed by atoms with Gasteiger partial charge < -0.3 is 20.1 Å². The smallest absolute Gasteiger partial charge is 0.321 e. The zero-order valence-corrected chi connectivity index (χ0v) is 14.0. The van der Waals surface area contributed by atoms with Crippen LogP contribution in [0.15, 0.2) is 18.2 Å². The highest BCUT2D eigenvalue weighted by molar-refractivity contribution is 5.97. The number of hydrogen-bond donors (Lipinski definition) is 3. The lowest BCUT2D eigenvalue weighted by molar-refractivity contribution is -0.120. The number of fused-ring (bicyclic) bond motifs is 1. The molecule has 2 aliphatic rings. The molecule has 1 aromatic rings. The van der Waals surface area contributed by atoms with Gasteiger partial charge in [-0.05, 0) is 31.9 Å². The number of ether oxygens (including phenoxy) is 2. The van der Waals surface area contributed by atoms with Crippen molar-refractivity contribution in [2.75, 3.05) is 12.4 Å². The van der Waals surface area contributed by atoms with Gasteiger partial charge in [0.05, 0.1) is 0 Å². The quantitative estimate of drug-likeness (QED) is 0.790. The molecule has 1 saturated carbocycles. The number of imide groups is 1. The molecule has 0 aromatic heterocycles. The van der Waals surface area contributed by atoms with E-state index in [0.29, 0.717) is 5.75 Å². The van der Waals surface area contributed by atoms with Gasteiger partial charge in [0.15, 0.2) is 11.5 Å². The number of urea groups is 1. The van der Waals surface area contributed by atoms with Crippen LogP contribution in [-0.4, -0.2) is 30.8 Å². The Hall–Kier alpha value is -2.44. The van der Waals surface area contributed by atoms with Gasteiger partial charge in [-0.3, -0.25) is 10.1 Å². The number of amides is 3. The summed E-state index contributed by atoms with van der Waals surface area (Å²) >= 11 is 0. The largest absolute Gasteiger partial charge is 0.448 e. The zero-order chi connectivity index (χ0) is 17.2. The number of carbonyl (C=O) groups excluding carboxylic acids is 2. The molecule has 0 radical (unpaired) electrons. The molecule has 0 unspecified atom stereocenters. The highest BCUT2D eigenvalue weighted by atomic mass is 16.7. The first-order valence-electron chi connectivity index (χ1n) is 8.32. The van der Waals surface area contributed by atoms with Gasteiger partial charge in [0, 0.05) is 31.6 Å². The molecular formula is C17H23N3O4. The zero-order valence-electron chi connectivity index (χ0n) is 14.0. The Bertz CT molecular complexity index is 641. The fraction of sp³-hybridized carbons (Fsp3) is 0.529. The Morgan fingerprint density at radius 1 is 1.12 bits per heavy atom. The average Bonchev–Trinajstić information content (AvgIpc) is 2.91. The molecule has 0 saturated heterocycles. The number of benzene rings is 1. The summed E-state index contributed by atoms with van der Waals surface area (Å²) in [6.07, 6.45) is 5.23. The first-order chi connectivity index (χ1) is 11.5. The Labute approximate surface area is 141 Å². The molecule has 1 spiro atoms. The van der Waals surface area contributed by atoms with Gasteiger partial charge in [-0.25, -0.2) is 4.79 Å². The Balaban J connectivity index is 1.64. The molecule has 1 aromatic carbocycles. The summed E-state index contributed by atoms with van der Waals surface area (Å²) in [4.78, 5) is 23.1. The molecule has 3 rings (SSSR count). The molecule has 1 heterocycles. The van der Waals surface area contributed by atoms with Crippen LogP contribution in [0.5, 0.6) is 11.5 Å². The summed E-state index contributed by atoms with van der Waals surface area (Å²) in [5, 5.41) is 7.65. The van der Waals surface area contributed by atoms with Crippen molar-refractivity contribution in [2.45, 2.75) is 50.9 Å². The van der Waals surface area contributed by atoms with Crippen molar-refractivity contribution in [3.63, 3.8) is 0 Å². The van der Waals surface area contributed by atoms with E-state index in [1.807, 2.05) is 18.2 Å². The number of hydrogen-bond acceptors (Lipinski definition) is 5. The van der Waals surface area contributed by atoms with Crippen molar-refractivity contribution in [3.05, 3.63) is 18.2 Å². The first kappa shape index (κ1) is 16.4. The fourth-order valence-corrected chi connectivity index (χ4v) is 3.08. The van der Waals surface area contributed by atoms with Crippen molar-refractivity contribution in [1.82, 2.24) is 10.6 Å². The maximum atomic E-state index is 11.9. The average molecular weight is 333 g/mol. The monoisotopic (exact) mass is 333 g/mol. The van der Waals surface area contributed by atoms with Crippen LogP contribution in [0.1, 0.15) is 39.0 Å². The summed E-state index contributed by atoms with van der Waals surface area (Å²) in [6, 6.07) is 4.44. The van der Waals surface area contributed by atoms with E-state index in [4.69, 9.17) is 9.47 Å². The van der Waals surface area contributed by atoms with Crippen LogP contribution < -0.4 is 25.4 Å². The topological polar surface area (TPSA) is 88.7 Å². The van der Waals surface area contributed by atoms with Crippen molar-refractivity contribution >= 4 is 17.6 Å². The van der Waals surface area contributed by atoms with Crippen LogP contribution in [0.4, 0.5) is 10.5 Å². The van der Waals surface area contributed by atoms with Gasteiger partial charge in [-0.1, -0.05) is 6.42 Å². The van der Waals surface area contributed by atoms with Crippen molar-refractivity contribution in [2.24, 2.45) is 0 Å². The predicted molar refractivity (Wildman–Crippen MR) is 89.2 cm³/mol. The van der Waals surface area contributed by atoms with E-state index in [9.17, 15) is 9.59 Å². The second-order valence-electron chi connectivity index (χ2n) is 6.27. The molecule has 7 heteroatoms. The summed E-state index contributed by atoms with van der Waals surface area (Å²) in [5.74, 6) is 0.517. The number of rotatable bonds is 3. The van der Waals surface area contributed by atoms with Gasteiger partial charge in [0.2, 0.25) is 5.91 Å². The molecule has 7 nitrogen and oxygen atoms in total. The van der Waals surface area contributed by atoms with Gasteiger partial charge >= 0.3 is 6.03 Å². The highest BCUT2D eigenvalue weighted by Crippen LogP contribution is 2.46. The summed E-state index contributed by atoms with van der Waals surface area (Å²) < 4.78 is 12.1. The maximum absolute atomic E-state index is 11.9. The van der Waals surface area contributed by atoms with Crippen molar-refractivity contribution in [3.8, 4) is 11.5 Å². The lowest BCUT2D eigenvalue weighted by Gasteiger charge is -2.31. The van der Waals surface area contributed by atoms with Crippen LogP contribution in [0.3, 0.4) is 0 Å². The molecule has 1 aliphatic carbocycles. The molecular weight excluding hydrogens is 310 g/mol. The van der Waals surface area contributed by atoms with E-state index in [0.717, 1.165) is 37.1 Å². The standard InChI is InChI=1S/C17H23N3O4/c1-11(15(21)20-16(22)18-2)19-12-6-7-13-14(10-12)24-17(23-13)8-4-3-5-9-17/h6-7,10-11,19H,3-5,8-9H2,1-2H3,(H2,18,20,21,22)/t11-/m1/s1. The third-order valence-corrected chi connectivity index (χ3v) is 4.39. The number of carbonyl (C=O) groups is 2. The second-order valence-corrected chi connectivity index (χ2v) is 6.27. The highest BCUT2D eigenvalue weighted by Gasteiger charge is 2.42. The lowest BCUT2D eigenvalue weighted by Crippen LogP contribution is -2.44. The second kappa shape index (κ2) is 6.59. The van der Waals surface area contributed by atoms with Crippen LogP contribution >= 0.6 is 0 Å². The SMILES string of the molecule is CNC(=O)NC(=O)[C@@H](C)Nc1ccc2c(c1)OC1(CCCCC1)O2. The summed E-state index contributed by atoms with van der Waals surface area (Å²) in [6.45, 7) is 1.69. The molecule has 130 valence electrons. The molecule has 3 amide bonds. The van der Waals surface area contributed by atoms with Crippen LogP contribution in [0.2, 0.25) is 0 Å². The normalized spacial score (nSPS) is 18.8. The molecule has 0 bridgehead atoms. The predicted octanol–water partition coefficient (Wildman–Crippen LogP) is 2.37. The fourth-order valence-electron chi connectivity index (χ4n) is 3.08. The molecule has 3 N–H and O–H groups in total. The van der Waals surface area contributed by atoms with Gasteiger partial charge in [0.1, 0.15) is 6.04 Å². The van der Waals surface area contributed by atoms with E-state index >= 15 is 0 Å². The molecule has 24 heavy (non-hydrogen) atoms. The summed E-state index contributed by atoms with van der Waals surface area (Å²) in [5.41, 5.74) is 0.741. The van der Waals surface area contributed by atoms with Gasteiger partial charge in [-0.2, -0.15) is 0 Å². The Morgan fingerprint density at radius 3 is 2.54 bits per heavy atom. The van der Waals surface area contributed by atoms with E-state index in [1.54, 1.807) is 6.92 Å². The van der Waals surface area contributed by atoms with E-state index in [2.05, 4.69) is 16.0 Å². The van der Waals surface area contributed by atoms with E-state index in [-0.39, 0.29) is 0 Å². The molecule has 1 atom stereocenters. The number of nitrogens with one attached hydrogen (secondary N) is 3. The van der Waals surface area contributed by atoms with Crippen molar-refractivity contribution < 1.29 is 19.1 Å². The van der Waals surface area contributed by atoms with Gasteiger partial charge in [0.25, 0.3) is 5.79 Å². The lowest BCUT2D eigenvalue weighted by atomic mass is 9.94. The molecule has 1 aliphatic heterocycles. The maximum Gasteiger partial charge on any atom is 0.321 e. The number of anilines is 1. The van der Waals surface area contributed by atoms with E-state index in [1.165, 1.54) is 13.5 Å². The van der Waals surface area contributed by atoms with Crippen LogP contribution in [0, 0.1) is 0 Å². The minimum Gasteiger partial charge on any atom is -0.448 e. The first-order valence-corrected chi connectivity index (χ1v) is 8.32. The van der Waals surface area contributed by atoms with Crippen LogP contribution in [0.25, 0.3) is 0 Å². The Morgan fingerprint density at radius 2 is 1.83 bits per heavy atom. The molecule has 1 fully saturated rings. The minimum absolute atomic E-state index is 0.407. The minimum atomic E-state index is -0.564. The van der Waals surface area contributed by atoms with E-state index < -0.39 is 23.8 Å².